The molecule has 0 unspecified atom stereocenters. The van der Waals surface area contributed by atoms with Gasteiger partial charge in [0, 0.05) is 0 Å². The van der Waals surface area contributed by atoms with Crippen molar-refractivity contribution in [2.75, 3.05) is 5.75 Å². The highest BCUT2D eigenvalue weighted by atomic mass is 32.2. The maximum atomic E-state index is 11.9. The summed E-state index contributed by atoms with van der Waals surface area (Å²) in [7, 11) is -3.15. The zero-order chi connectivity index (χ0) is 14.3. The summed E-state index contributed by atoms with van der Waals surface area (Å²) in [5.74, 6) is -0.952. The van der Waals surface area contributed by atoms with Crippen LogP contribution in [0, 0.1) is 0 Å². The lowest BCUT2D eigenvalue weighted by Crippen LogP contribution is -2.10. The minimum Gasteiger partial charge on any atom is -0.478 e. The number of carboxylic acid groups (broad SMARTS) is 1. The van der Waals surface area contributed by atoms with Crippen LogP contribution < -0.4 is 0 Å². The van der Waals surface area contributed by atoms with Gasteiger partial charge in [0.05, 0.1) is 17.1 Å². The average Bonchev–Trinajstić information content (AvgIpc) is 2.34. The van der Waals surface area contributed by atoms with Crippen molar-refractivity contribution < 1.29 is 18.3 Å². The molecule has 0 aliphatic heterocycles. The summed E-state index contributed by atoms with van der Waals surface area (Å²) in [4.78, 5) is 10.8. The zero-order valence-electron chi connectivity index (χ0n) is 11.1. The number of hydrogen-bond donors (Lipinski definition) is 1. The third kappa shape index (κ3) is 5.87. The monoisotopic (exact) mass is 284 g/mol. The number of unbranched alkanes of at least 4 members (excludes halogenated alkanes) is 3. The predicted molar refractivity (Wildman–Crippen MR) is 75.0 cm³/mol. The van der Waals surface area contributed by atoms with E-state index in [1.165, 1.54) is 12.1 Å². The third-order valence-corrected chi connectivity index (χ3v) is 4.55. The molecular formula is C14H20O4S. The van der Waals surface area contributed by atoms with Crippen LogP contribution in [0.5, 0.6) is 0 Å². The van der Waals surface area contributed by atoms with Gasteiger partial charge in [0.1, 0.15) is 0 Å². The molecule has 1 aromatic rings. The number of hydrogen-bond acceptors (Lipinski definition) is 3. The summed E-state index contributed by atoms with van der Waals surface area (Å²) in [6.07, 6.45) is 3.71. The second-order valence-electron chi connectivity index (χ2n) is 4.66. The highest BCUT2D eigenvalue weighted by Crippen LogP contribution is 2.12. The lowest BCUT2D eigenvalue weighted by atomic mass is 10.1. The Bertz CT molecular complexity index is 520. The number of rotatable bonds is 8. The van der Waals surface area contributed by atoms with Gasteiger partial charge in [-0.25, -0.2) is 13.2 Å². The molecule has 4 nitrogen and oxygen atoms in total. The number of aromatic carboxylic acids is 1. The molecule has 0 aromatic heterocycles. The molecule has 0 aliphatic rings. The van der Waals surface area contributed by atoms with E-state index in [0.29, 0.717) is 12.0 Å². The third-order valence-electron chi connectivity index (χ3n) is 2.87. The molecule has 106 valence electrons. The van der Waals surface area contributed by atoms with E-state index >= 15 is 0 Å². The fourth-order valence-corrected chi connectivity index (χ4v) is 3.34. The molecular weight excluding hydrogens is 264 g/mol. The van der Waals surface area contributed by atoms with Crippen molar-refractivity contribution in [3.8, 4) is 0 Å². The van der Waals surface area contributed by atoms with Crippen LogP contribution in [-0.2, 0) is 15.6 Å². The molecule has 0 heterocycles. The quantitative estimate of drug-likeness (QED) is 0.745. The van der Waals surface area contributed by atoms with Gasteiger partial charge in [-0.1, -0.05) is 38.3 Å². The van der Waals surface area contributed by atoms with Gasteiger partial charge in [0.2, 0.25) is 0 Å². The summed E-state index contributed by atoms with van der Waals surface area (Å²) in [5, 5.41) is 8.86. The SMILES string of the molecule is CCCCCCS(=O)(=O)Cc1cccc(C(=O)O)c1. The second-order valence-corrected chi connectivity index (χ2v) is 6.84. The molecule has 0 bridgehead atoms. The highest BCUT2D eigenvalue weighted by molar-refractivity contribution is 7.90. The fourth-order valence-electron chi connectivity index (χ4n) is 1.87. The Morgan fingerprint density at radius 2 is 1.95 bits per heavy atom. The zero-order valence-corrected chi connectivity index (χ0v) is 11.9. The average molecular weight is 284 g/mol. The van der Waals surface area contributed by atoms with Crippen molar-refractivity contribution >= 4 is 15.8 Å². The second kappa shape index (κ2) is 7.28. The van der Waals surface area contributed by atoms with Gasteiger partial charge in [0.25, 0.3) is 0 Å². The molecule has 0 aliphatic carbocycles. The molecule has 19 heavy (non-hydrogen) atoms. The normalized spacial score (nSPS) is 11.4. The number of carboxylic acids is 1. The first kappa shape index (κ1) is 15.7. The summed E-state index contributed by atoms with van der Waals surface area (Å²) < 4.78 is 23.8. The Balaban J connectivity index is 2.62. The molecule has 0 amide bonds. The van der Waals surface area contributed by atoms with Gasteiger partial charge in [-0.15, -0.1) is 0 Å². The van der Waals surface area contributed by atoms with Crippen LogP contribution in [0.3, 0.4) is 0 Å². The molecule has 0 spiro atoms. The Morgan fingerprint density at radius 1 is 1.21 bits per heavy atom. The van der Waals surface area contributed by atoms with Gasteiger partial charge >= 0.3 is 5.97 Å². The van der Waals surface area contributed by atoms with Crippen LogP contribution >= 0.6 is 0 Å². The molecule has 1 rings (SSSR count). The standard InChI is InChI=1S/C14H20O4S/c1-2-3-4-5-9-19(17,18)11-12-7-6-8-13(10-12)14(15)16/h6-8,10H,2-5,9,11H2,1H3,(H,15,16). The maximum Gasteiger partial charge on any atom is 0.335 e. The Labute approximate surface area is 114 Å². The van der Waals surface area contributed by atoms with Crippen LogP contribution in [0.1, 0.15) is 48.5 Å². The molecule has 5 heteroatoms. The molecule has 0 radical (unpaired) electrons. The largest absolute Gasteiger partial charge is 0.478 e. The van der Waals surface area contributed by atoms with Gasteiger partial charge in [-0.05, 0) is 24.1 Å². The van der Waals surface area contributed by atoms with Crippen molar-refractivity contribution in [1.82, 2.24) is 0 Å². The molecule has 1 aromatic carbocycles. The van der Waals surface area contributed by atoms with E-state index < -0.39 is 15.8 Å². The van der Waals surface area contributed by atoms with Gasteiger partial charge < -0.3 is 5.11 Å². The van der Waals surface area contributed by atoms with E-state index in [0.717, 1.165) is 19.3 Å². The van der Waals surface area contributed by atoms with E-state index in [9.17, 15) is 13.2 Å². The van der Waals surface area contributed by atoms with E-state index in [1.807, 2.05) is 0 Å². The van der Waals surface area contributed by atoms with Crippen molar-refractivity contribution in [3.63, 3.8) is 0 Å². The van der Waals surface area contributed by atoms with Crippen molar-refractivity contribution in [1.29, 1.82) is 0 Å². The Morgan fingerprint density at radius 3 is 2.58 bits per heavy atom. The summed E-state index contributed by atoms with van der Waals surface area (Å²) in [6.45, 7) is 2.08. The Hall–Kier alpha value is -1.36. The lowest BCUT2D eigenvalue weighted by Gasteiger charge is -2.05. The van der Waals surface area contributed by atoms with Crippen LogP contribution in [0.4, 0.5) is 0 Å². The van der Waals surface area contributed by atoms with Crippen molar-refractivity contribution in [2.24, 2.45) is 0 Å². The van der Waals surface area contributed by atoms with E-state index in [1.54, 1.807) is 12.1 Å². The lowest BCUT2D eigenvalue weighted by molar-refractivity contribution is 0.0696. The van der Waals surface area contributed by atoms with E-state index in [-0.39, 0.29) is 17.1 Å². The summed E-state index contributed by atoms with van der Waals surface area (Å²) in [5.41, 5.74) is 0.661. The first-order valence-corrected chi connectivity index (χ1v) is 8.29. The van der Waals surface area contributed by atoms with Gasteiger partial charge in [-0.3, -0.25) is 0 Å². The molecule has 0 saturated heterocycles. The summed E-state index contributed by atoms with van der Waals surface area (Å²) >= 11 is 0. The first-order chi connectivity index (χ1) is 8.94. The van der Waals surface area contributed by atoms with Crippen LogP contribution in [0.2, 0.25) is 0 Å². The van der Waals surface area contributed by atoms with Gasteiger partial charge in [-0.2, -0.15) is 0 Å². The highest BCUT2D eigenvalue weighted by Gasteiger charge is 2.13. The number of carbonyl (C=O) groups is 1. The molecule has 0 fully saturated rings. The molecule has 0 saturated carbocycles. The Kier molecular flexibility index (Phi) is 6.02. The maximum absolute atomic E-state index is 11.9. The molecule has 1 N–H and O–H groups in total. The first-order valence-electron chi connectivity index (χ1n) is 6.47. The van der Waals surface area contributed by atoms with Crippen LogP contribution in [0.25, 0.3) is 0 Å². The number of sulfone groups is 1. The van der Waals surface area contributed by atoms with Crippen LogP contribution in [0.15, 0.2) is 24.3 Å². The van der Waals surface area contributed by atoms with Crippen LogP contribution in [-0.4, -0.2) is 25.2 Å². The predicted octanol–water partition coefficient (Wildman–Crippen LogP) is 2.88. The van der Waals surface area contributed by atoms with E-state index in [2.05, 4.69) is 6.92 Å². The fraction of sp³-hybridized carbons (Fsp3) is 0.500. The minimum atomic E-state index is -3.15. The van der Waals surface area contributed by atoms with E-state index in [4.69, 9.17) is 5.11 Å². The topological polar surface area (TPSA) is 71.4 Å². The smallest absolute Gasteiger partial charge is 0.335 e. The molecule has 0 atom stereocenters. The number of benzene rings is 1. The summed E-state index contributed by atoms with van der Waals surface area (Å²) in [6, 6.07) is 6.10. The van der Waals surface area contributed by atoms with Crippen molar-refractivity contribution in [3.05, 3.63) is 35.4 Å². The van der Waals surface area contributed by atoms with Crippen molar-refractivity contribution in [2.45, 2.75) is 38.4 Å². The van der Waals surface area contributed by atoms with Gasteiger partial charge in [0.15, 0.2) is 9.84 Å². The minimum absolute atomic E-state index is 0.0831.